The van der Waals surface area contributed by atoms with Gasteiger partial charge in [0.25, 0.3) is 0 Å². The van der Waals surface area contributed by atoms with Crippen LogP contribution in [0.4, 0.5) is 5.69 Å². The molecule has 2 aliphatic rings. The fourth-order valence-corrected chi connectivity index (χ4v) is 4.70. The molecule has 2 fully saturated rings. The molecule has 25 heavy (non-hydrogen) atoms. The van der Waals surface area contributed by atoms with Crippen LogP contribution in [0.2, 0.25) is 0 Å². The fourth-order valence-electron chi connectivity index (χ4n) is 3.48. The minimum absolute atomic E-state index is 0.163. The van der Waals surface area contributed by atoms with Gasteiger partial charge in [0.05, 0.1) is 5.75 Å². The molecule has 0 N–H and O–H groups in total. The molecule has 1 aromatic rings. The number of anilines is 1. The second-order valence-corrected chi connectivity index (χ2v) is 7.92. The Balaban J connectivity index is 1.53. The number of carbonyl (C=O) groups excluding carboxylic acids is 1. The predicted molar refractivity (Wildman–Crippen MR) is 105 cm³/mol. The van der Waals surface area contributed by atoms with Crippen LogP contribution in [-0.4, -0.2) is 49.4 Å². The number of hydrogen-bond acceptors (Lipinski definition) is 4. The Hall–Kier alpha value is -1.20. The summed E-state index contributed by atoms with van der Waals surface area (Å²) in [5.74, 6) is 0.849. The van der Waals surface area contributed by atoms with E-state index in [1.807, 2.05) is 4.90 Å². The number of ether oxygens (including phenoxy) is 1. The number of carbonyl (C=O) groups is 1. The molecule has 0 radical (unpaired) electrons. The van der Waals surface area contributed by atoms with Gasteiger partial charge in [-0.2, -0.15) is 0 Å². The zero-order valence-corrected chi connectivity index (χ0v) is 16.1. The van der Waals surface area contributed by atoms with Gasteiger partial charge in [-0.15, -0.1) is 11.8 Å². The molecule has 0 aromatic heterocycles. The molecular weight excluding hydrogens is 332 g/mol. The third-order valence-corrected chi connectivity index (χ3v) is 6.20. The maximum atomic E-state index is 12.3. The molecule has 0 aliphatic carbocycles. The van der Waals surface area contributed by atoms with Crippen LogP contribution in [0.3, 0.4) is 0 Å². The van der Waals surface area contributed by atoms with Crippen molar-refractivity contribution in [1.82, 2.24) is 4.90 Å². The fraction of sp³-hybridized carbons (Fsp3) is 0.650. The molecule has 4 nitrogen and oxygen atoms in total. The van der Waals surface area contributed by atoms with Crippen LogP contribution in [0.25, 0.3) is 0 Å². The molecule has 2 heterocycles. The number of thioether (sulfide) groups is 1. The number of rotatable bonds is 9. The van der Waals surface area contributed by atoms with E-state index >= 15 is 0 Å². The van der Waals surface area contributed by atoms with Gasteiger partial charge in [-0.05, 0) is 43.4 Å². The van der Waals surface area contributed by atoms with Crippen LogP contribution >= 0.6 is 11.8 Å². The van der Waals surface area contributed by atoms with Crippen LogP contribution in [0.5, 0.6) is 0 Å². The van der Waals surface area contributed by atoms with Gasteiger partial charge in [-0.25, -0.2) is 0 Å². The lowest BCUT2D eigenvalue weighted by Gasteiger charge is -2.25. The Morgan fingerprint density at radius 3 is 2.56 bits per heavy atom. The molecule has 1 amide bonds. The molecule has 2 saturated heterocycles. The lowest BCUT2D eigenvalue weighted by atomic mass is 10.1. The average Bonchev–Trinajstić information content (AvgIpc) is 3.29. The maximum Gasteiger partial charge on any atom is 0.233 e. The molecule has 138 valence electrons. The highest BCUT2D eigenvalue weighted by Crippen LogP contribution is 2.39. The van der Waals surface area contributed by atoms with E-state index in [-0.39, 0.29) is 11.3 Å². The van der Waals surface area contributed by atoms with Gasteiger partial charge < -0.3 is 14.5 Å². The van der Waals surface area contributed by atoms with Gasteiger partial charge in [0.15, 0.2) is 0 Å². The van der Waals surface area contributed by atoms with Crippen LogP contribution in [-0.2, 0) is 9.53 Å². The van der Waals surface area contributed by atoms with Crippen molar-refractivity contribution in [3.8, 4) is 0 Å². The topological polar surface area (TPSA) is 32.8 Å². The first-order chi connectivity index (χ1) is 12.3. The maximum absolute atomic E-state index is 12.3. The van der Waals surface area contributed by atoms with Crippen molar-refractivity contribution in [1.29, 1.82) is 0 Å². The van der Waals surface area contributed by atoms with E-state index in [1.54, 1.807) is 11.8 Å². The Bertz CT molecular complexity index is 543. The summed E-state index contributed by atoms with van der Waals surface area (Å²) in [4.78, 5) is 16.7. The molecule has 0 saturated carbocycles. The SMILES string of the molecule is CCCCOCCCN1C(=O)CSC1c1ccc(N2CCCC2)cc1. The van der Waals surface area contributed by atoms with Crippen LogP contribution in [0.15, 0.2) is 24.3 Å². The van der Waals surface area contributed by atoms with Crippen molar-refractivity contribution in [3.05, 3.63) is 29.8 Å². The summed E-state index contributed by atoms with van der Waals surface area (Å²) in [7, 11) is 0. The second-order valence-electron chi connectivity index (χ2n) is 6.86. The third-order valence-electron chi connectivity index (χ3n) is 4.95. The Morgan fingerprint density at radius 1 is 1.12 bits per heavy atom. The number of benzene rings is 1. The quantitative estimate of drug-likeness (QED) is 0.620. The van der Waals surface area contributed by atoms with E-state index in [4.69, 9.17) is 4.74 Å². The minimum Gasteiger partial charge on any atom is -0.381 e. The summed E-state index contributed by atoms with van der Waals surface area (Å²) in [6.45, 7) is 6.87. The predicted octanol–water partition coefficient (Wildman–Crippen LogP) is 4.07. The standard InChI is InChI=1S/C20H30N2O2S/c1-2-3-14-24-15-6-13-22-19(23)16-25-20(22)17-7-9-18(10-8-17)21-11-4-5-12-21/h7-10,20H,2-6,11-16H2,1H3. The van der Waals surface area contributed by atoms with Crippen molar-refractivity contribution in [3.63, 3.8) is 0 Å². The largest absolute Gasteiger partial charge is 0.381 e. The molecular formula is C20H30N2O2S. The van der Waals surface area contributed by atoms with Gasteiger partial charge in [0, 0.05) is 38.5 Å². The molecule has 5 heteroatoms. The van der Waals surface area contributed by atoms with Crippen LogP contribution < -0.4 is 4.90 Å². The van der Waals surface area contributed by atoms with E-state index in [0.29, 0.717) is 5.75 Å². The summed E-state index contributed by atoms with van der Waals surface area (Å²) in [6, 6.07) is 8.84. The zero-order valence-electron chi connectivity index (χ0n) is 15.3. The van der Waals surface area contributed by atoms with E-state index < -0.39 is 0 Å². The van der Waals surface area contributed by atoms with Crippen molar-refractivity contribution in [2.24, 2.45) is 0 Å². The first-order valence-corrected chi connectivity index (χ1v) is 10.7. The van der Waals surface area contributed by atoms with E-state index in [2.05, 4.69) is 36.1 Å². The molecule has 2 aliphatic heterocycles. The molecule has 0 bridgehead atoms. The van der Waals surface area contributed by atoms with E-state index in [9.17, 15) is 4.79 Å². The van der Waals surface area contributed by atoms with Gasteiger partial charge in [0.2, 0.25) is 5.91 Å². The van der Waals surface area contributed by atoms with Crippen molar-refractivity contribution in [2.75, 3.05) is 43.5 Å². The number of nitrogens with zero attached hydrogens (tertiary/aromatic N) is 2. The van der Waals surface area contributed by atoms with E-state index in [0.717, 1.165) is 39.0 Å². The molecule has 3 rings (SSSR count). The summed E-state index contributed by atoms with van der Waals surface area (Å²) in [5.41, 5.74) is 2.55. The van der Waals surface area contributed by atoms with Crippen molar-refractivity contribution >= 4 is 23.4 Å². The lowest BCUT2D eigenvalue weighted by Crippen LogP contribution is -2.30. The minimum atomic E-state index is 0.163. The molecule has 1 aromatic carbocycles. The van der Waals surface area contributed by atoms with Gasteiger partial charge in [-0.3, -0.25) is 4.79 Å². The summed E-state index contributed by atoms with van der Waals surface area (Å²) in [6.07, 6.45) is 5.78. The summed E-state index contributed by atoms with van der Waals surface area (Å²) in [5, 5.41) is 0.163. The summed E-state index contributed by atoms with van der Waals surface area (Å²) < 4.78 is 5.63. The highest BCUT2D eigenvalue weighted by Gasteiger charge is 2.32. The second kappa shape index (κ2) is 9.48. The van der Waals surface area contributed by atoms with E-state index in [1.165, 1.54) is 37.2 Å². The Kier molecular flexibility index (Phi) is 7.05. The molecule has 1 unspecified atom stereocenters. The highest BCUT2D eigenvalue weighted by atomic mass is 32.2. The Labute approximate surface area is 155 Å². The first-order valence-electron chi connectivity index (χ1n) is 9.63. The smallest absolute Gasteiger partial charge is 0.233 e. The zero-order chi connectivity index (χ0) is 17.5. The number of amides is 1. The normalized spacial score (nSPS) is 20.7. The number of unbranched alkanes of at least 4 members (excludes halogenated alkanes) is 1. The van der Waals surface area contributed by atoms with Gasteiger partial charge in [0.1, 0.15) is 5.37 Å². The highest BCUT2D eigenvalue weighted by molar-refractivity contribution is 8.00. The first kappa shape index (κ1) is 18.6. The van der Waals surface area contributed by atoms with Crippen molar-refractivity contribution < 1.29 is 9.53 Å². The van der Waals surface area contributed by atoms with Crippen LogP contribution in [0.1, 0.15) is 50.0 Å². The monoisotopic (exact) mass is 362 g/mol. The van der Waals surface area contributed by atoms with Gasteiger partial charge >= 0.3 is 0 Å². The third kappa shape index (κ3) is 4.91. The summed E-state index contributed by atoms with van der Waals surface area (Å²) >= 11 is 1.74. The average molecular weight is 363 g/mol. The van der Waals surface area contributed by atoms with Crippen molar-refractivity contribution in [2.45, 2.75) is 44.4 Å². The molecule has 0 spiro atoms. The number of hydrogen-bond donors (Lipinski definition) is 0. The molecule has 1 atom stereocenters. The van der Waals surface area contributed by atoms with Crippen LogP contribution in [0, 0.1) is 0 Å². The lowest BCUT2D eigenvalue weighted by molar-refractivity contribution is -0.128. The van der Waals surface area contributed by atoms with Gasteiger partial charge in [-0.1, -0.05) is 25.5 Å². The Morgan fingerprint density at radius 2 is 1.84 bits per heavy atom.